The lowest BCUT2D eigenvalue weighted by atomic mass is 10.0. The molecule has 0 fully saturated rings. The van der Waals surface area contributed by atoms with Gasteiger partial charge in [0.2, 0.25) is 0 Å². The summed E-state index contributed by atoms with van der Waals surface area (Å²) in [6.45, 7) is 4.48. The molecule has 0 amide bonds. The molecule has 0 saturated carbocycles. The molecule has 0 aromatic carbocycles. The molecule has 1 nitrogen and oxygen atoms in total. The van der Waals surface area contributed by atoms with Crippen LogP contribution in [-0.4, -0.2) is 6.10 Å². The third kappa shape index (κ3) is 17.5. The van der Waals surface area contributed by atoms with Crippen LogP contribution in [0.5, 0.6) is 0 Å². The van der Waals surface area contributed by atoms with Gasteiger partial charge in [0.05, 0.1) is 0 Å². The fraction of sp³-hybridized carbons (Fsp3) is 0.909. The standard InChI is InChI=1S/C22H42O/c1-4-7-8-9-10-11-12-13-14-15-16-17-18-19-21-22(20-5-2)23-6-3/h3,22H,4-5,7-21H2,1-2H3. The number of hydrogen-bond acceptors (Lipinski definition) is 1. The Morgan fingerprint density at radius 2 is 1.04 bits per heavy atom. The minimum absolute atomic E-state index is 0.294. The number of unbranched alkanes of at least 4 members (excludes halogenated alkanes) is 13. The van der Waals surface area contributed by atoms with Crippen LogP contribution in [-0.2, 0) is 4.74 Å². The molecule has 1 heteroatoms. The van der Waals surface area contributed by atoms with Crippen LogP contribution in [0.1, 0.15) is 123 Å². The molecule has 0 aromatic rings. The largest absolute Gasteiger partial charge is 0.443 e. The van der Waals surface area contributed by atoms with E-state index < -0.39 is 0 Å². The highest BCUT2D eigenvalue weighted by atomic mass is 16.5. The van der Waals surface area contributed by atoms with Crippen LogP contribution in [0.4, 0.5) is 0 Å². The molecule has 0 bridgehead atoms. The van der Waals surface area contributed by atoms with E-state index in [0.29, 0.717) is 6.10 Å². The lowest BCUT2D eigenvalue weighted by Gasteiger charge is -2.13. The van der Waals surface area contributed by atoms with E-state index in [2.05, 4.69) is 20.0 Å². The second-order valence-electron chi connectivity index (χ2n) is 7.03. The van der Waals surface area contributed by atoms with E-state index in [1.165, 1.54) is 89.9 Å². The Balaban J connectivity index is 3.17. The molecule has 0 aromatic heterocycles. The third-order valence-electron chi connectivity index (χ3n) is 4.73. The summed E-state index contributed by atoms with van der Waals surface area (Å²) in [6, 6.07) is 0. The summed E-state index contributed by atoms with van der Waals surface area (Å²) >= 11 is 0. The van der Waals surface area contributed by atoms with Gasteiger partial charge >= 0.3 is 0 Å². The van der Waals surface area contributed by atoms with Crippen molar-refractivity contribution in [2.45, 2.75) is 129 Å². The molecule has 136 valence electrons. The monoisotopic (exact) mass is 322 g/mol. The van der Waals surface area contributed by atoms with Crippen molar-refractivity contribution in [3.05, 3.63) is 0 Å². The summed E-state index contributed by atoms with van der Waals surface area (Å²) in [4.78, 5) is 0. The molecule has 0 radical (unpaired) electrons. The van der Waals surface area contributed by atoms with E-state index in [1.54, 1.807) is 0 Å². The van der Waals surface area contributed by atoms with Crippen LogP contribution in [0.25, 0.3) is 0 Å². The van der Waals surface area contributed by atoms with Crippen molar-refractivity contribution in [2.75, 3.05) is 0 Å². The van der Waals surface area contributed by atoms with Gasteiger partial charge in [-0.3, -0.25) is 0 Å². The average Bonchev–Trinajstić information content (AvgIpc) is 2.55. The Hall–Kier alpha value is -0.640. The first-order chi connectivity index (χ1) is 11.3. The van der Waals surface area contributed by atoms with Crippen molar-refractivity contribution in [3.63, 3.8) is 0 Å². The van der Waals surface area contributed by atoms with Gasteiger partial charge in [0.1, 0.15) is 12.2 Å². The first kappa shape index (κ1) is 22.4. The molecule has 0 rings (SSSR count). The molecule has 0 heterocycles. The van der Waals surface area contributed by atoms with Gasteiger partial charge in [0, 0.05) is 0 Å². The molecule has 1 atom stereocenters. The molecule has 0 aliphatic carbocycles. The van der Waals surface area contributed by atoms with E-state index in [0.717, 1.165) is 19.3 Å². The maximum absolute atomic E-state index is 5.32. The Morgan fingerprint density at radius 1 is 0.609 bits per heavy atom. The summed E-state index contributed by atoms with van der Waals surface area (Å²) in [5.41, 5.74) is 0. The molecular weight excluding hydrogens is 280 g/mol. The summed E-state index contributed by atoms with van der Waals surface area (Å²) in [5, 5.41) is 0. The van der Waals surface area contributed by atoms with Gasteiger partial charge in [0.25, 0.3) is 0 Å². The Morgan fingerprint density at radius 3 is 1.43 bits per heavy atom. The van der Waals surface area contributed by atoms with Crippen LogP contribution in [0.2, 0.25) is 0 Å². The quantitative estimate of drug-likeness (QED) is 0.186. The van der Waals surface area contributed by atoms with Crippen molar-refractivity contribution in [1.82, 2.24) is 0 Å². The van der Waals surface area contributed by atoms with E-state index >= 15 is 0 Å². The zero-order chi connectivity index (χ0) is 17.0. The van der Waals surface area contributed by atoms with Crippen molar-refractivity contribution >= 4 is 0 Å². The van der Waals surface area contributed by atoms with Crippen LogP contribution in [0.3, 0.4) is 0 Å². The second kappa shape index (κ2) is 19.4. The van der Waals surface area contributed by atoms with Crippen molar-refractivity contribution in [2.24, 2.45) is 0 Å². The highest BCUT2D eigenvalue weighted by Gasteiger charge is 2.06. The van der Waals surface area contributed by atoms with E-state index in [1.807, 2.05) is 0 Å². The van der Waals surface area contributed by atoms with E-state index in [-0.39, 0.29) is 0 Å². The summed E-state index contributed by atoms with van der Waals surface area (Å²) < 4.78 is 5.32. The van der Waals surface area contributed by atoms with E-state index in [9.17, 15) is 0 Å². The van der Waals surface area contributed by atoms with Gasteiger partial charge in [0.15, 0.2) is 0 Å². The average molecular weight is 323 g/mol. The first-order valence-corrected chi connectivity index (χ1v) is 10.5. The maximum Gasteiger partial charge on any atom is 0.110 e. The number of terminal acetylenes is 1. The van der Waals surface area contributed by atoms with Gasteiger partial charge in [-0.15, -0.1) is 0 Å². The molecular formula is C22H42O. The Labute approximate surface area is 147 Å². The highest BCUT2D eigenvalue weighted by molar-refractivity contribution is 4.73. The predicted molar refractivity (Wildman–Crippen MR) is 104 cm³/mol. The predicted octanol–water partition coefficient (Wildman–Crippen LogP) is 7.63. The zero-order valence-corrected chi connectivity index (χ0v) is 16.1. The normalized spacial score (nSPS) is 12.0. The minimum Gasteiger partial charge on any atom is -0.443 e. The summed E-state index contributed by atoms with van der Waals surface area (Å²) in [7, 11) is 0. The fourth-order valence-corrected chi connectivity index (χ4v) is 3.25. The van der Waals surface area contributed by atoms with Gasteiger partial charge < -0.3 is 4.74 Å². The molecule has 1 unspecified atom stereocenters. The summed E-state index contributed by atoms with van der Waals surface area (Å²) in [5.74, 6) is 0. The number of hydrogen-bond donors (Lipinski definition) is 0. The lowest BCUT2D eigenvalue weighted by molar-refractivity contribution is 0.143. The Kier molecular flexibility index (Phi) is 18.9. The molecule has 0 saturated heterocycles. The molecule has 0 aliphatic rings. The van der Waals surface area contributed by atoms with Gasteiger partial charge in [-0.1, -0.05) is 110 Å². The maximum atomic E-state index is 5.32. The second-order valence-corrected chi connectivity index (χ2v) is 7.03. The van der Waals surface area contributed by atoms with Crippen LogP contribution >= 0.6 is 0 Å². The number of ether oxygens (including phenoxy) is 1. The molecule has 0 spiro atoms. The molecule has 23 heavy (non-hydrogen) atoms. The van der Waals surface area contributed by atoms with Gasteiger partial charge in [-0.05, 0) is 19.3 Å². The summed E-state index contributed by atoms with van der Waals surface area (Å²) in [6.07, 6.45) is 31.0. The minimum atomic E-state index is 0.294. The third-order valence-corrected chi connectivity index (χ3v) is 4.73. The number of rotatable bonds is 18. The van der Waals surface area contributed by atoms with Crippen molar-refractivity contribution < 1.29 is 4.74 Å². The lowest BCUT2D eigenvalue weighted by Crippen LogP contribution is -2.09. The van der Waals surface area contributed by atoms with Crippen molar-refractivity contribution in [1.29, 1.82) is 0 Å². The Bertz CT molecular complexity index is 253. The topological polar surface area (TPSA) is 9.23 Å². The zero-order valence-electron chi connectivity index (χ0n) is 16.1. The highest BCUT2D eigenvalue weighted by Crippen LogP contribution is 2.15. The molecule has 0 aliphatic heterocycles. The van der Waals surface area contributed by atoms with Crippen LogP contribution in [0, 0.1) is 12.5 Å². The van der Waals surface area contributed by atoms with Crippen molar-refractivity contribution in [3.8, 4) is 12.5 Å². The molecule has 0 N–H and O–H groups in total. The first-order valence-electron chi connectivity index (χ1n) is 10.5. The van der Waals surface area contributed by atoms with E-state index in [4.69, 9.17) is 11.2 Å². The van der Waals surface area contributed by atoms with Gasteiger partial charge in [-0.25, -0.2) is 0 Å². The SMILES string of the molecule is C#COC(CCC)CCCCCCCCCCCCCCCC. The van der Waals surface area contributed by atoms with Crippen LogP contribution < -0.4 is 0 Å². The van der Waals surface area contributed by atoms with Crippen LogP contribution in [0.15, 0.2) is 0 Å². The smallest absolute Gasteiger partial charge is 0.110 e. The fourth-order valence-electron chi connectivity index (χ4n) is 3.25. The van der Waals surface area contributed by atoms with Gasteiger partial charge in [-0.2, -0.15) is 0 Å².